The summed E-state index contributed by atoms with van der Waals surface area (Å²) in [5.74, 6) is 1.22. The van der Waals surface area contributed by atoms with Crippen LogP contribution < -0.4 is 14.2 Å². The Morgan fingerprint density at radius 3 is 2.41 bits per heavy atom. The van der Waals surface area contributed by atoms with Gasteiger partial charge in [0.25, 0.3) is 5.91 Å². The quantitative estimate of drug-likeness (QED) is 0.779. The van der Waals surface area contributed by atoms with Gasteiger partial charge in [-0.25, -0.2) is 0 Å². The summed E-state index contributed by atoms with van der Waals surface area (Å²) in [6.45, 7) is 1.40. The number of carbonyl (C=O) groups excluding carboxylic acids is 1. The van der Waals surface area contributed by atoms with Crippen molar-refractivity contribution >= 4 is 17.5 Å². The van der Waals surface area contributed by atoms with E-state index in [1.807, 2.05) is 24.3 Å². The van der Waals surface area contributed by atoms with E-state index in [9.17, 15) is 4.79 Å². The molecular formula is C20H22ClNO5. The van der Waals surface area contributed by atoms with Gasteiger partial charge in [0.05, 0.1) is 34.5 Å². The Hall–Kier alpha value is -2.44. The van der Waals surface area contributed by atoms with Crippen LogP contribution in [0.1, 0.15) is 22.0 Å². The largest absolute Gasteiger partial charge is 0.493 e. The van der Waals surface area contributed by atoms with Crippen LogP contribution in [0.4, 0.5) is 0 Å². The normalized spacial score (nSPS) is 16.7. The minimum absolute atomic E-state index is 0.121. The van der Waals surface area contributed by atoms with Crippen LogP contribution in [0.2, 0.25) is 5.02 Å². The highest BCUT2D eigenvalue weighted by molar-refractivity contribution is 6.30. The number of carbonyl (C=O) groups is 1. The molecule has 0 aromatic heterocycles. The first-order valence-electron chi connectivity index (χ1n) is 8.53. The maximum atomic E-state index is 13.1. The number of rotatable bonds is 5. The standard InChI is InChI=1S/C20H22ClNO5/c1-24-16-10-14(11-17(25-2)19(16)26-3)20(23)22-7-8-27-18(12-22)13-5-4-6-15(21)9-13/h4-6,9-11,18H,7-8,12H2,1-3H3. The molecule has 3 rings (SSSR count). The van der Waals surface area contributed by atoms with E-state index in [-0.39, 0.29) is 12.0 Å². The number of nitrogens with zero attached hydrogens (tertiary/aromatic N) is 1. The molecule has 2 aromatic rings. The SMILES string of the molecule is COc1cc(C(=O)N2CCOC(c3cccc(Cl)c3)C2)cc(OC)c1OC. The Bertz CT molecular complexity index is 801. The van der Waals surface area contributed by atoms with Crippen molar-refractivity contribution < 1.29 is 23.7 Å². The maximum absolute atomic E-state index is 13.1. The van der Waals surface area contributed by atoms with E-state index < -0.39 is 0 Å². The van der Waals surface area contributed by atoms with E-state index in [0.717, 1.165) is 5.56 Å². The number of methoxy groups -OCH3 is 3. The Labute approximate surface area is 163 Å². The molecule has 0 N–H and O–H groups in total. The van der Waals surface area contributed by atoms with Crippen LogP contribution in [0, 0.1) is 0 Å². The maximum Gasteiger partial charge on any atom is 0.254 e. The molecule has 1 atom stereocenters. The number of morpholine rings is 1. The lowest BCUT2D eigenvalue weighted by atomic mass is 10.1. The van der Waals surface area contributed by atoms with Gasteiger partial charge in [-0.1, -0.05) is 23.7 Å². The second-order valence-electron chi connectivity index (χ2n) is 6.08. The van der Waals surface area contributed by atoms with E-state index in [0.29, 0.717) is 47.5 Å². The van der Waals surface area contributed by atoms with Gasteiger partial charge in [-0.15, -0.1) is 0 Å². The predicted octanol–water partition coefficient (Wildman–Crippen LogP) is 3.58. The lowest BCUT2D eigenvalue weighted by molar-refractivity contribution is -0.0228. The van der Waals surface area contributed by atoms with E-state index in [4.69, 9.17) is 30.5 Å². The summed E-state index contributed by atoms with van der Waals surface area (Å²) < 4.78 is 21.8. The van der Waals surface area contributed by atoms with Crippen LogP contribution in [0.15, 0.2) is 36.4 Å². The van der Waals surface area contributed by atoms with Crippen LogP contribution in [-0.2, 0) is 4.74 Å². The van der Waals surface area contributed by atoms with E-state index in [1.165, 1.54) is 21.3 Å². The summed E-state index contributed by atoms with van der Waals surface area (Å²) in [5.41, 5.74) is 1.42. The molecular weight excluding hydrogens is 370 g/mol. The fourth-order valence-corrected chi connectivity index (χ4v) is 3.33. The smallest absolute Gasteiger partial charge is 0.254 e. The average Bonchev–Trinajstić information content (AvgIpc) is 2.72. The van der Waals surface area contributed by atoms with Gasteiger partial charge in [-0.2, -0.15) is 0 Å². The molecule has 2 aromatic carbocycles. The van der Waals surface area contributed by atoms with E-state index in [1.54, 1.807) is 17.0 Å². The van der Waals surface area contributed by atoms with Crippen LogP contribution >= 0.6 is 11.6 Å². The summed E-state index contributed by atoms with van der Waals surface area (Å²) >= 11 is 6.08. The third-order valence-corrected chi connectivity index (χ3v) is 4.72. The zero-order chi connectivity index (χ0) is 19.4. The molecule has 1 aliphatic heterocycles. The van der Waals surface area contributed by atoms with E-state index >= 15 is 0 Å². The molecule has 27 heavy (non-hydrogen) atoms. The summed E-state index contributed by atoms with van der Waals surface area (Å²) in [7, 11) is 4.57. The van der Waals surface area contributed by atoms with Crippen molar-refractivity contribution in [3.63, 3.8) is 0 Å². The number of amides is 1. The fraction of sp³-hybridized carbons (Fsp3) is 0.350. The van der Waals surface area contributed by atoms with Crippen molar-refractivity contribution in [1.29, 1.82) is 0 Å². The lowest BCUT2D eigenvalue weighted by Crippen LogP contribution is -2.42. The molecule has 0 aliphatic carbocycles. The molecule has 1 amide bonds. The van der Waals surface area contributed by atoms with Gasteiger partial charge >= 0.3 is 0 Å². The second-order valence-corrected chi connectivity index (χ2v) is 6.52. The molecule has 1 saturated heterocycles. The third kappa shape index (κ3) is 4.12. The molecule has 7 heteroatoms. The molecule has 0 saturated carbocycles. The first-order chi connectivity index (χ1) is 13.1. The lowest BCUT2D eigenvalue weighted by Gasteiger charge is -2.33. The van der Waals surface area contributed by atoms with Gasteiger partial charge in [-0.3, -0.25) is 4.79 Å². The molecule has 0 spiro atoms. The first-order valence-corrected chi connectivity index (χ1v) is 8.91. The van der Waals surface area contributed by atoms with Crippen LogP contribution in [-0.4, -0.2) is 51.8 Å². The summed E-state index contributed by atoms with van der Waals surface area (Å²) in [6.07, 6.45) is -0.219. The number of halogens is 1. The monoisotopic (exact) mass is 391 g/mol. The molecule has 6 nitrogen and oxygen atoms in total. The highest BCUT2D eigenvalue weighted by Gasteiger charge is 2.27. The topological polar surface area (TPSA) is 57.2 Å². The van der Waals surface area contributed by atoms with Gasteiger partial charge in [0, 0.05) is 17.1 Å². The molecule has 1 fully saturated rings. The zero-order valence-corrected chi connectivity index (χ0v) is 16.3. The van der Waals surface area contributed by atoms with Crippen LogP contribution in [0.25, 0.3) is 0 Å². The molecule has 1 unspecified atom stereocenters. The van der Waals surface area contributed by atoms with E-state index in [2.05, 4.69) is 0 Å². The number of ether oxygens (including phenoxy) is 4. The second kappa shape index (κ2) is 8.50. The van der Waals surface area contributed by atoms with Gasteiger partial charge in [-0.05, 0) is 29.8 Å². The molecule has 1 heterocycles. The van der Waals surface area contributed by atoms with Crippen LogP contribution in [0.3, 0.4) is 0 Å². The highest BCUT2D eigenvalue weighted by atomic mass is 35.5. The molecule has 144 valence electrons. The van der Waals surface area contributed by atoms with Gasteiger partial charge < -0.3 is 23.8 Å². The van der Waals surface area contributed by atoms with Gasteiger partial charge in [0.1, 0.15) is 6.10 Å². The minimum Gasteiger partial charge on any atom is -0.493 e. The van der Waals surface area contributed by atoms with Crippen molar-refractivity contribution in [1.82, 2.24) is 4.90 Å². The zero-order valence-electron chi connectivity index (χ0n) is 15.5. The highest BCUT2D eigenvalue weighted by Crippen LogP contribution is 2.38. The number of hydrogen-bond acceptors (Lipinski definition) is 5. The summed E-state index contributed by atoms with van der Waals surface area (Å²) in [4.78, 5) is 14.8. The fourth-order valence-electron chi connectivity index (χ4n) is 3.13. The van der Waals surface area contributed by atoms with Gasteiger partial charge in [0.15, 0.2) is 11.5 Å². The van der Waals surface area contributed by atoms with Crippen molar-refractivity contribution in [3.8, 4) is 17.2 Å². The molecule has 1 aliphatic rings. The summed E-state index contributed by atoms with van der Waals surface area (Å²) in [5, 5.41) is 0.643. The van der Waals surface area contributed by atoms with Crippen molar-refractivity contribution in [3.05, 3.63) is 52.5 Å². The first kappa shape index (κ1) is 19.3. The van der Waals surface area contributed by atoms with Crippen molar-refractivity contribution in [2.24, 2.45) is 0 Å². The average molecular weight is 392 g/mol. The summed E-state index contributed by atoms with van der Waals surface area (Å²) in [6, 6.07) is 10.8. The molecule has 0 bridgehead atoms. The minimum atomic E-state index is -0.219. The Morgan fingerprint density at radius 1 is 1.11 bits per heavy atom. The number of hydrogen-bond donors (Lipinski definition) is 0. The molecule has 0 radical (unpaired) electrons. The third-order valence-electron chi connectivity index (χ3n) is 4.49. The van der Waals surface area contributed by atoms with Crippen molar-refractivity contribution in [2.75, 3.05) is 41.0 Å². The van der Waals surface area contributed by atoms with Gasteiger partial charge in [0.2, 0.25) is 5.75 Å². The predicted molar refractivity (Wildman–Crippen MR) is 102 cm³/mol. The Kier molecular flexibility index (Phi) is 6.08. The Balaban J connectivity index is 1.85. The van der Waals surface area contributed by atoms with Crippen LogP contribution in [0.5, 0.6) is 17.2 Å². The van der Waals surface area contributed by atoms with Crippen molar-refractivity contribution in [2.45, 2.75) is 6.10 Å². The Morgan fingerprint density at radius 2 is 1.81 bits per heavy atom. The number of benzene rings is 2.